The van der Waals surface area contributed by atoms with Crippen LogP contribution >= 0.6 is 0 Å². The van der Waals surface area contributed by atoms with Crippen molar-refractivity contribution < 1.29 is 19.2 Å². The van der Waals surface area contributed by atoms with Gasteiger partial charge in [-0.2, -0.15) is 0 Å². The van der Waals surface area contributed by atoms with Crippen molar-refractivity contribution in [2.24, 2.45) is 0 Å². The number of carbonyl (C=O) groups is 2. The van der Waals surface area contributed by atoms with E-state index in [0.717, 1.165) is 41.2 Å². The van der Waals surface area contributed by atoms with Crippen molar-refractivity contribution in [1.82, 2.24) is 10.4 Å². The van der Waals surface area contributed by atoms with Crippen LogP contribution in [0.3, 0.4) is 0 Å². The second-order valence-corrected chi connectivity index (χ2v) is 6.82. The Kier molecular flexibility index (Phi) is 6.66. The summed E-state index contributed by atoms with van der Waals surface area (Å²) in [6.07, 6.45) is 3.15. The highest BCUT2D eigenvalue weighted by molar-refractivity contribution is 6.02. The first-order valence-corrected chi connectivity index (χ1v) is 9.55. The van der Waals surface area contributed by atoms with Crippen LogP contribution in [0.4, 0.5) is 0 Å². The van der Waals surface area contributed by atoms with Gasteiger partial charge in [-0.25, -0.2) is 5.06 Å². The van der Waals surface area contributed by atoms with Crippen molar-refractivity contribution in [1.29, 1.82) is 0 Å². The summed E-state index contributed by atoms with van der Waals surface area (Å²) in [6, 6.07) is 14.5. The van der Waals surface area contributed by atoms with E-state index in [9.17, 15) is 9.59 Å². The molecule has 3 rings (SSSR count). The molecule has 1 aliphatic heterocycles. The second kappa shape index (κ2) is 9.37. The van der Waals surface area contributed by atoms with Gasteiger partial charge in [-0.15, -0.1) is 0 Å². The molecule has 28 heavy (non-hydrogen) atoms. The Morgan fingerprint density at radius 1 is 1.11 bits per heavy atom. The summed E-state index contributed by atoms with van der Waals surface area (Å²) in [5.74, 6) is 0.250. The Balaban J connectivity index is 1.97. The molecule has 0 fully saturated rings. The molecular weight excluding hydrogens is 356 g/mol. The average Bonchev–Trinajstić information content (AvgIpc) is 2.73. The summed E-state index contributed by atoms with van der Waals surface area (Å²) in [4.78, 5) is 30.7. The van der Waals surface area contributed by atoms with Crippen molar-refractivity contribution in [3.05, 3.63) is 54.1 Å². The molecule has 6 nitrogen and oxygen atoms in total. The predicted molar refractivity (Wildman–Crippen MR) is 107 cm³/mol. The highest BCUT2D eigenvalue weighted by Crippen LogP contribution is 2.27. The van der Waals surface area contributed by atoms with Gasteiger partial charge < -0.3 is 10.1 Å². The monoisotopic (exact) mass is 382 g/mol. The highest BCUT2D eigenvalue weighted by atomic mass is 16.7. The number of rotatable bonds is 2. The topological polar surface area (TPSA) is 67.9 Å². The summed E-state index contributed by atoms with van der Waals surface area (Å²) < 4.78 is 5.87. The number of hydrogen-bond donors (Lipinski definition) is 1. The van der Waals surface area contributed by atoms with Crippen molar-refractivity contribution >= 4 is 11.8 Å². The summed E-state index contributed by atoms with van der Waals surface area (Å²) in [5, 5.41) is 4.07. The Bertz CT molecular complexity index is 837. The van der Waals surface area contributed by atoms with Crippen LogP contribution in [-0.4, -0.2) is 43.7 Å². The Morgan fingerprint density at radius 2 is 1.89 bits per heavy atom. The average molecular weight is 382 g/mol. The lowest BCUT2D eigenvalue weighted by Gasteiger charge is -2.23. The molecule has 1 atom stereocenters. The van der Waals surface area contributed by atoms with Crippen LogP contribution in [0.25, 0.3) is 11.1 Å². The SMILES string of the molecule is CON(C)C(=O)C1CCCCCOc2cccc(c2)-c2ccccc2C(=O)N1. The fourth-order valence-electron chi connectivity index (χ4n) is 3.31. The smallest absolute Gasteiger partial charge is 0.268 e. The fourth-order valence-corrected chi connectivity index (χ4v) is 3.31. The van der Waals surface area contributed by atoms with Gasteiger partial charge in [-0.05, 0) is 48.6 Å². The van der Waals surface area contributed by atoms with Crippen LogP contribution in [-0.2, 0) is 9.63 Å². The van der Waals surface area contributed by atoms with Gasteiger partial charge in [0.1, 0.15) is 11.8 Å². The first-order chi connectivity index (χ1) is 13.6. The third-order valence-corrected chi connectivity index (χ3v) is 4.91. The normalized spacial score (nSPS) is 17.5. The Labute approximate surface area is 165 Å². The molecule has 0 saturated heterocycles. The van der Waals surface area contributed by atoms with E-state index in [2.05, 4.69) is 5.32 Å². The van der Waals surface area contributed by atoms with Crippen LogP contribution in [0.15, 0.2) is 48.5 Å². The van der Waals surface area contributed by atoms with Gasteiger partial charge in [-0.3, -0.25) is 14.4 Å². The number of ether oxygens (including phenoxy) is 1. The molecule has 1 N–H and O–H groups in total. The van der Waals surface area contributed by atoms with Crippen molar-refractivity contribution in [3.63, 3.8) is 0 Å². The molecular formula is C22H26N2O4. The van der Waals surface area contributed by atoms with Crippen LogP contribution in [0.1, 0.15) is 36.0 Å². The first-order valence-electron chi connectivity index (χ1n) is 9.55. The zero-order chi connectivity index (χ0) is 19.9. The van der Waals surface area contributed by atoms with Crippen molar-refractivity contribution in [3.8, 4) is 16.9 Å². The molecule has 1 heterocycles. The lowest BCUT2D eigenvalue weighted by molar-refractivity contribution is -0.171. The molecule has 148 valence electrons. The molecule has 2 amide bonds. The molecule has 2 aromatic carbocycles. The maximum atomic E-state index is 13.0. The standard InChI is InChI=1S/C22H26N2O4/c1-24(27-2)22(26)20-13-4-3-7-14-28-17-10-8-9-16(15-17)18-11-5-6-12-19(18)21(25)23-20/h5-6,8-12,15,20H,3-4,7,13-14H2,1-2H3,(H,23,25). The maximum Gasteiger partial charge on any atom is 0.268 e. The number of hydroxylamine groups is 2. The van der Waals surface area contributed by atoms with E-state index in [1.165, 1.54) is 7.11 Å². The minimum Gasteiger partial charge on any atom is -0.494 e. The molecule has 2 aromatic rings. The number of benzene rings is 2. The van der Waals surface area contributed by atoms with E-state index in [1.807, 2.05) is 42.5 Å². The van der Waals surface area contributed by atoms with Gasteiger partial charge in [-0.1, -0.05) is 36.8 Å². The van der Waals surface area contributed by atoms with Crippen LogP contribution in [0, 0.1) is 0 Å². The molecule has 0 aliphatic carbocycles. The molecule has 1 aliphatic rings. The quantitative estimate of drug-likeness (QED) is 0.808. The van der Waals surface area contributed by atoms with E-state index in [4.69, 9.17) is 9.57 Å². The molecule has 0 spiro atoms. The number of nitrogens with zero attached hydrogens (tertiary/aromatic N) is 1. The molecule has 0 radical (unpaired) electrons. The van der Waals surface area contributed by atoms with Crippen molar-refractivity contribution in [2.75, 3.05) is 20.8 Å². The molecule has 0 saturated carbocycles. The fraction of sp³-hybridized carbons (Fsp3) is 0.364. The Hall–Kier alpha value is -2.86. The van der Waals surface area contributed by atoms with E-state index in [-0.39, 0.29) is 11.8 Å². The molecule has 1 unspecified atom stereocenters. The molecule has 6 heteroatoms. The van der Waals surface area contributed by atoms with Crippen LogP contribution < -0.4 is 10.1 Å². The van der Waals surface area contributed by atoms with E-state index >= 15 is 0 Å². The van der Waals surface area contributed by atoms with Gasteiger partial charge in [0, 0.05) is 12.6 Å². The lowest BCUT2D eigenvalue weighted by atomic mass is 9.98. The number of amides is 2. The third-order valence-electron chi connectivity index (χ3n) is 4.91. The summed E-state index contributed by atoms with van der Waals surface area (Å²) in [5.41, 5.74) is 2.22. The van der Waals surface area contributed by atoms with E-state index in [0.29, 0.717) is 18.6 Å². The summed E-state index contributed by atoms with van der Waals surface area (Å²) in [6.45, 7) is 0.619. The van der Waals surface area contributed by atoms with Gasteiger partial charge in [0.05, 0.1) is 13.7 Å². The van der Waals surface area contributed by atoms with Crippen molar-refractivity contribution in [2.45, 2.75) is 31.7 Å². The summed E-state index contributed by atoms with van der Waals surface area (Å²) in [7, 11) is 2.98. The third kappa shape index (κ3) is 4.70. The zero-order valence-electron chi connectivity index (χ0n) is 16.3. The minimum atomic E-state index is -0.638. The van der Waals surface area contributed by atoms with Crippen LogP contribution in [0.5, 0.6) is 5.75 Å². The first kappa shape index (κ1) is 19.9. The maximum absolute atomic E-state index is 13.0. The van der Waals surface area contributed by atoms with E-state index < -0.39 is 6.04 Å². The van der Waals surface area contributed by atoms with Gasteiger partial charge in [0.15, 0.2) is 0 Å². The zero-order valence-corrected chi connectivity index (χ0v) is 16.3. The van der Waals surface area contributed by atoms with Gasteiger partial charge >= 0.3 is 0 Å². The van der Waals surface area contributed by atoms with E-state index in [1.54, 1.807) is 13.1 Å². The minimum absolute atomic E-state index is 0.265. The Morgan fingerprint density at radius 3 is 2.68 bits per heavy atom. The largest absolute Gasteiger partial charge is 0.494 e. The second-order valence-electron chi connectivity index (χ2n) is 6.82. The number of fused-ring (bicyclic) bond motifs is 4. The highest BCUT2D eigenvalue weighted by Gasteiger charge is 2.25. The summed E-state index contributed by atoms with van der Waals surface area (Å²) >= 11 is 0. The number of nitrogens with one attached hydrogen (secondary N) is 1. The molecule has 0 aromatic heterocycles. The predicted octanol–water partition coefficient (Wildman–Crippen LogP) is 3.42. The lowest BCUT2D eigenvalue weighted by Crippen LogP contribution is -2.47. The number of hydrogen-bond acceptors (Lipinski definition) is 4. The number of likely N-dealkylation sites (N-methyl/N-ethyl adjacent to an activating group) is 1. The van der Waals surface area contributed by atoms with Crippen LogP contribution in [0.2, 0.25) is 0 Å². The molecule has 2 bridgehead atoms. The number of carbonyl (C=O) groups excluding carboxylic acids is 2. The van der Waals surface area contributed by atoms with Gasteiger partial charge in [0.2, 0.25) is 0 Å². The van der Waals surface area contributed by atoms with Gasteiger partial charge in [0.25, 0.3) is 11.8 Å².